The summed E-state index contributed by atoms with van der Waals surface area (Å²) < 4.78 is 0. The standard InChI is InChI=1S/C25H35NO3/c1-26(2)25(29)11-7-6-10-19-14-20-17-24(28)22(23(20)16-19)13-12-21(27)15-18-8-4-3-5-9-18/h3-5,8-9,12-14,20-24,27-28H,6-7,10-11,15-17H2,1-2H3/b13-12+/t20-,21-,22+,23-,24+/m0/s1. The number of aliphatic hydroxyl groups is 2. The van der Waals surface area contributed by atoms with Crippen LogP contribution in [0.5, 0.6) is 0 Å². The minimum absolute atomic E-state index is 0.120. The molecule has 1 amide bonds. The van der Waals surface area contributed by atoms with Crippen LogP contribution in [-0.2, 0) is 11.2 Å². The van der Waals surface area contributed by atoms with Crippen molar-refractivity contribution in [2.45, 2.75) is 57.2 Å². The Labute approximate surface area is 174 Å². The number of aliphatic hydroxyl groups excluding tert-OH is 2. The monoisotopic (exact) mass is 397 g/mol. The lowest BCUT2D eigenvalue weighted by atomic mass is 9.88. The van der Waals surface area contributed by atoms with Gasteiger partial charge in [-0.05, 0) is 49.5 Å². The second kappa shape index (κ2) is 10.2. The van der Waals surface area contributed by atoms with Crippen molar-refractivity contribution in [3.63, 3.8) is 0 Å². The van der Waals surface area contributed by atoms with E-state index < -0.39 is 6.10 Å². The molecule has 0 aromatic heterocycles. The predicted molar refractivity (Wildman–Crippen MR) is 116 cm³/mol. The van der Waals surface area contributed by atoms with Crippen LogP contribution in [0.25, 0.3) is 0 Å². The van der Waals surface area contributed by atoms with Gasteiger partial charge >= 0.3 is 0 Å². The molecule has 4 heteroatoms. The number of hydrogen-bond donors (Lipinski definition) is 2. The normalized spacial score (nSPS) is 27.1. The number of rotatable bonds is 9. The SMILES string of the molecule is CN(C)C(=O)CCCCC1=C[C@H]2C[C@@H](O)[C@H](/C=C/[C@H](O)Cc3ccccc3)[C@H]2C1. The topological polar surface area (TPSA) is 60.8 Å². The highest BCUT2D eigenvalue weighted by Crippen LogP contribution is 2.48. The van der Waals surface area contributed by atoms with Gasteiger partial charge in [0.05, 0.1) is 12.2 Å². The van der Waals surface area contributed by atoms with Crippen LogP contribution in [0.2, 0.25) is 0 Å². The molecule has 1 fully saturated rings. The van der Waals surface area contributed by atoms with Gasteiger partial charge in [-0.3, -0.25) is 4.79 Å². The van der Waals surface area contributed by atoms with Gasteiger partial charge in [-0.2, -0.15) is 0 Å². The highest BCUT2D eigenvalue weighted by atomic mass is 16.3. The number of unbranched alkanes of at least 4 members (excludes halogenated alkanes) is 1. The first-order valence-electron chi connectivity index (χ1n) is 10.9. The fraction of sp³-hybridized carbons (Fsp3) is 0.560. The molecule has 1 saturated carbocycles. The van der Waals surface area contributed by atoms with E-state index in [9.17, 15) is 15.0 Å². The van der Waals surface area contributed by atoms with Gasteiger partial charge in [0.1, 0.15) is 0 Å². The molecule has 5 atom stereocenters. The van der Waals surface area contributed by atoms with Crippen molar-refractivity contribution in [1.82, 2.24) is 4.90 Å². The maximum absolute atomic E-state index is 11.7. The molecule has 2 aliphatic rings. The number of hydrogen-bond acceptors (Lipinski definition) is 3. The van der Waals surface area contributed by atoms with E-state index in [1.165, 1.54) is 5.57 Å². The average molecular weight is 398 g/mol. The molecule has 29 heavy (non-hydrogen) atoms. The summed E-state index contributed by atoms with van der Waals surface area (Å²) in [5.41, 5.74) is 2.60. The van der Waals surface area contributed by atoms with E-state index in [0.29, 0.717) is 24.7 Å². The Morgan fingerprint density at radius 1 is 1.24 bits per heavy atom. The molecule has 0 heterocycles. The number of fused-ring (bicyclic) bond motifs is 1. The number of allylic oxidation sites excluding steroid dienone is 2. The molecule has 3 rings (SSSR count). The van der Waals surface area contributed by atoms with Gasteiger partial charge in [0.15, 0.2) is 0 Å². The van der Waals surface area contributed by atoms with Crippen molar-refractivity contribution in [1.29, 1.82) is 0 Å². The Balaban J connectivity index is 1.46. The first-order valence-corrected chi connectivity index (χ1v) is 10.9. The Kier molecular flexibility index (Phi) is 7.68. The predicted octanol–water partition coefficient (Wildman–Crippen LogP) is 3.74. The molecular formula is C25H35NO3. The summed E-state index contributed by atoms with van der Waals surface area (Å²) in [5.74, 6) is 1.21. The summed E-state index contributed by atoms with van der Waals surface area (Å²) in [6.45, 7) is 0. The second-order valence-electron chi connectivity index (χ2n) is 8.87. The summed E-state index contributed by atoms with van der Waals surface area (Å²) in [4.78, 5) is 13.3. The number of carbonyl (C=O) groups excluding carboxylic acids is 1. The van der Waals surface area contributed by atoms with Gasteiger partial charge in [-0.1, -0.05) is 54.1 Å². The fourth-order valence-corrected chi connectivity index (χ4v) is 4.82. The van der Waals surface area contributed by atoms with Crippen LogP contribution < -0.4 is 0 Å². The highest BCUT2D eigenvalue weighted by molar-refractivity contribution is 5.75. The quantitative estimate of drug-likeness (QED) is 0.493. The molecule has 1 aromatic rings. The molecule has 2 N–H and O–H groups in total. The van der Waals surface area contributed by atoms with Crippen molar-refractivity contribution in [3.05, 3.63) is 59.7 Å². The summed E-state index contributed by atoms with van der Waals surface area (Å²) in [5, 5.41) is 20.9. The fourth-order valence-electron chi connectivity index (χ4n) is 4.82. The van der Waals surface area contributed by atoms with Crippen LogP contribution >= 0.6 is 0 Å². The third-order valence-corrected chi connectivity index (χ3v) is 6.43. The van der Waals surface area contributed by atoms with Gasteiger partial charge in [0.25, 0.3) is 0 Å². The molecule has 0 spiro atoms. The van der Waals surface area contributed by atoms with E-state index in [4.69, 9.17) is 0 Å². The lowest BCUT2D eigenvalue weighted by Gasteiger charge is -2.19. The Morgan fingerprint density at radius 3 is 2.72 bits per heavy atom. The van der Waals surface area contributed by atoms with Gasteiger partial charge in [0.2, 0.25) is 5.91 Å². The molecule has 0 unspecified atom stereocenters. The maximum Gasteiger partial charge on any atom is 0.222 e. The van der Waals surface area contributed by atoms with Gasteiger partial charge in [0, 0.05) is 32.9 Å². The first kappa shape index (κ1) is 21.8. The summed E-state index contributed by atoms with van der Waals surface area (Å²) >= 11 is 0. The van der Waals surface area contributed by atoms with E-state index in [1.54, 1.807) is 19.0 Å². The molecule has 1 aromatic carbocycles. The molecular weight excluding hydrogens is 362 g/mol. The van der Waals surface area contributed by atoms with Crippen LogP contribution in [0.3, 0.4) is 0 Å². The lowest BCUT2D eigenvalue weighted by Crippen LogP contribution is -2.21. The van der Waals surface area contributed by atoms with Crippen LogP contribution in [-0.4, -0.2) is 47.3 Å². The van der Waals surface area contributed by atoms with Crippen LogP contribution in [0.15, 0.2) is 54.1 Å². The van der Waals surface area contributed by atoms with Crippen LogP contribution in [0.1, 0.15) is 44.1 Å². The summed E-state index contributed by atoms with van der Waals surface area (Å²) in [6.07, 6.45) is 11.6. The number of amides is 1. The Bertz CT molecular complexity index is 725. The van der Waals surface area contributed by atoms with E-state index in [2.05, 4.69) is 12.2 Å². The third kappa shape index (κ3) is 6.03. The molecule has 0 bridgehead atoms. The Hall–Kier alpha value is -1.91. The average Bonchev–Trinajstić information content (AvgIpc) is 3.20. The van der Waals surface area contributed by atoms with Crippen LogP contribution in [0, 0.1) is 17.8 Å². The molecule has 0 radical (unpaired) electrons. The van der Waals surface area contributed by atoms with Crippen molar-refractivity contribution in [2.24, 2.45) is 17.8 Å². The maximum atomic E-state index is 11.7. The first-order chi connectivity index (χ1) is 13.9. The zero-order chi connectivity index (χ0) is 20.8. The molecule has 4 nitrogen and oxygen atoms in total. The lowest BCUT2D eigenvalue weighted by molar-refractivity contribution is -0.128. The van der Waals surface area contributed by atoms with Crippen molar-refractivity contribution < 1.29 is 15.0 Å². The van der Waals surface area contributed by atoms with Crippen molar-refractivity contribution in [2.75, 3.05) is 14.1 Å². The summed E-state index contributed by atoms with van der Waals surface area (Å²) in [6, 6.07) is 10.00. The molecule has 0 aliphatic heterocycles. The van der Waals surface area contributed by atoms with Crippen LogP contribution in [0.4, 0.5) is 0 Å². The van der Waals surface area contributed by atoms with E-state index in [0.717, 1.165) is 37.7 Å². The number of benzene rings is 1. The van der Waals surface area contributed by atoms with Gasteiger partial charge in [-0.25, -0.2) is 0 Å². The zero-order valence-corrected chi connectivity index (χ0v) is 17.7. The minimum atomic E-state index is -0.522. The third-order valence-electron chi connectivity index (χ3n) is 6.43. The van der Waals surface area contributed by atoms with Gasteiger partial charge < -0.3 is 15.1 Å². The number of carbonyl (C=O) groups is 1. The number of nitrogens with zero attached hydrogens (tertiary/aromatic N) is 1. The molecule has 158 valence electrons. The highest BCUT2D eigenvalue weighted by Gasteiger charge is 2.43. The van der Waals surface area contributed by atoms with Crippen molar-refractivity contribution in [3.8, 4) is 0 Å². The van der Waals surface area contributed by atoms with Gasteiger partial charge in [-0.15, -0.1) is 0 Å². The minimum Gasteiger partial charge on any atom is -0.392 e. The Morgan fingerprint density at radius 2 is 2.00 bits per heavy atom. The smallest absolute Gasteiger partial charge is 0.222 e. The van der Waals surface area contributed by atoms with E-state index in [-0.39, 0.29) is 17.9 Å². The van der Waals surface area contributed by atoms with E-state index >= 15 is 0 Å². The summed E-state index contributed by atoms with van der Waals surface area (Å²) in [7, 11) is 3.61. The molecule has 2 aliphatic carbocycles. The second-order valence-corrected chi connectivity index (χ2v) is 8.87. The van der Waals surface area contributed by atoms with Crippen molar-refractivity contribution >= 4 is 5.91 Å². The zero-order valence-electron chi connectivity index (χ0n) is 17.7. The molecule has 0 saturated heterocycles. The largest absolute Gasteiger partial charge is 0.392 e. The van der Waals surface area contributed by atoms with E-state index in [1.807, 2.05) is 36.4 Å².